The van der Waals surface area contributed by atoms with Crippen molar-refractivity contribution in [1.82, 2.24) is 0 Å². The second-order valence-electron chi connectivity index (χ2n) is 6.62. The Morgan fingerprint density at radius 2 is 1.85 bits per heavy atom. The van der Waals surface area contributed by atoms with Crippen LogP contribution in [0.25, 0.3) is 0 Å². The van der Waals surface area contributed by atoms with Crippen LogP contribution in [-0.2, 0) is 17.6 Å². The molecule has 4 heteroatoms. The molecular formula is C22H26O4. The Hall–Kier alpha value is -2.62. The quantitative estimate of drug-likeness (QED) is 0.699. The summed E-state index contributed by atoms with van der Waals surface area (Å²) in [6, 6.07) is 16.0. The minimum atomic E-state index is -0.0253. The molecule has 3 rings (SSSR count). The highest BCUT2D eigenvalue weighted by Gasteiger charge is 2.26. The summed E-state index contributed by atoms with van der Waals surface area (Å²) in [5.41, 5.74) is 2.47. The first-order valence-electron chi connectivity index (χ1n) is 9.07. The molecule has 2 unspecified atom stereocenters. The van der Waals surface area contributed by atoms with Crippen molar-refractivity contribution in [3.63, 3.8) is 0 Å². The van der Waals surface area contributed by atoms with Gasteiger partial charge in [0.1, 0.15) is 17.6 Å². The Morgan fingerprint density at radius 3 is 2.54 bits per heavy atom. The Kier molecular flexibility index (Phi) is 6.05. The summed E-state index contributed by atoms with van der Waals surface area (Å²) in [6.45, 7) is 2.73. The van der Waals surface area contributed by atoms with E-state index in [2.05, 4.69) is 19.1 Å². The van der Waals surface area contributed by atoms with Crippen LogP contribution in [0.2, 0.25) is 0 Å². The number of ether oxygens (including phenoxy) is 3. The van der Waals surface area contributed by atoms with Crippen molar-refractivity contribution in [3.8, 4) is 11.5 Å². The zero-order chi connectivity index (χ0) is 18.4. The molecule has 0 aliphatic carbocycles. The number of para-hydroxylation sites is 1. The first-order valence-corrected chi connectivity index (χ1v) is 9.07. The van der Waals surface area contributed by atoms with E-state index in [0.717, 1.165) is 30.8 Å². The molecule has 2 aromatic carbocycles. The lowest BCUT2D eigenvalue weighted by molar-refractivity contribution is 0.0442. The van der Waals surface area contributed by atoms with Crippen LogP contribution < -0.4 is 9.47 Å². The molecule has 0 spiro atoms. The molecule has 0 bridgehead atoms. The fourth-order valence-corrected chi connectivity index (χ4v) is 3.21. The van der Waals surface area contributed by atoms with Gasteiger partial charge in [-0.2, -0.15) is 0 Å². The number of aliphatic hydroxyl groups excluding tert-OH is 1. The number of benzene rings is 2. The van der Waals surface area contributed by atoms with Crippen molar-refractivity contribution in [2.75, 3.05) is 13.7 Å². The summed E-state index contributed by atoms with van der Waals surface area (Å²) in [7, 11) is 1.68. The van der Waals surface area contributed by atoms with Crippen molar-refractivity contribution < 1.29 is 19.3 Å². The lowest BCUT2D eigenvalue weighted by Crippen LogP contribution is -2.18. The van der Waals surface area contributed by atoms with Crippen LogP contribution in [0.1, 0.15) is 24.5 Å². The van der Waals surface area contributed by atoms with Crippen LogP contribution in [0.3, 0.4) is 0 Å². The molecular weight excluding hydrogens is 328 g/mol. The van der Waals surface area contributed by atoms with Crippen LogP contribution in [-0.4, -0.2) is 24.9 Å². The van der Waals surface area contributed by atoms with Crippen LogP contribution in [0, 0.1) is 5.92 Å². The molecule has 1 aliphatic rings. The lowest BCUT2D eigenvalue weighted by Gasteiger charge is -2.18. The molecule has 138 valence electrons. The molecule has 2 atom stereocenters. The lowest BCUT2D eigenvalue weighted by atomic mass is 9.93. The molecule has 0 radical (unpaired) electrons. The SMILES string of the molecule is COc1ccc(CC2OC(O)=CC2C)c(CCCOc2ccccc2)c1. The van der Waals surface area contributed by atoms with Crippen LogP contribution in [0.5, 0.6) is 11.5 Å². The highest BCUT2D eigenvalue weighted by Crippen LogP contribution is 2.28. The number of methoxy groups -OCH3 is 1. The van der Waals surface area contributed by atoms with Gasteiger partial charge in [0.2, 0.25) is 0 Å². The van der Waals surface area contributed by atoms with E-state index in [9.17, 15) is 5.11 Å². The summed E-state index contributed by atoms with van der Waals surface area (Å²) >= 11 is 0. The van der Waals surface area contributed by atoms with Gasteiger partial charge in [-0.3, -0.25) is 0 Å². The maximum atomic E-state index is 9.58. The first kappa shape index (κ1) is 18.2. The predicted molar refractivity (Wildman–Crippen MR) is 102 cm³/mol. The van der Waals surface area contributed by atoms with Gasteiger partial charge >= 0.3 is 0 Å². The van der Waals surface area contributed by atoms with Gasteiger partial charge in [-0.25, -0.2) is 0 Å². The van der Waals surface area contributed by atoms with Crippen molar-refractivity contribution in [2.45, 2.75) is 32.3 Å². The third-order valence-electron chi connectivity index (χ3n) is 4.70. The largest absolute Gasteiger partial charge is 0.497 e. The third kappa shape index (κ3) is 4.72. The molecule has 1 aliphatic heterocycles. The standard InChI is InChI=1S/C22H26O4/c1-16-13-22(23)26-21(16)15-18-10-11-20(24-2)14-17(18)7-6-12-25-19-8-4-3-5-9-19/h3-5,8-11,13-14,16,21,23H,6-7,12,15H2,1-2H3. The van der Waals surface area contributed by atoms with Crippen molar-refractivity contribution in [2.24, 2.45) is 5.92 Å². The van der Waals surface area contributed by atoms with Crippen LogP contribution >= 0.6 is 0 Å². The zero-order valence-electron chi connectivity index (χ0n) is 15.4. The Labute approximate surface area is 155 Å². The maximum Gasteiger partial charge on any atom is 0.273 e. The van der Waals surface area contributed by atoms with Gasteiger partial charge in [-0.15, -0.1) is 0 Å². The second kappa shape index (κ2) is 8.65. The number of aryl methyl sites for hydroxylation is 1. The molecule has 0 aromatic heterocycles. The summed E-state index contributed by atoms with van der Waals surface area (Å²) in [4.78, 5) is 0. The van der Waals surface area contributed by atoms with Gasteiger partial charge < -0.3 is 19.3 Å². The van der Waals surface area contributed by atoms with Crippen LogP contribution in [0.4, 0.5) is 0 Å². The molecule has 2 aromatic rings. The molecule has 26 heavy (non-hydrogen) atoms. The normalized spacial score (nSPS) is 18.9. The molecule has 0 saturated heterocycles. The minimum absolute atomic E-state index is 0.0253. The van der Waals surface area contributed by atoms with E-state index in [0.29, 0.717) is 6.61 Å². The highest BCUT2D eigenvalue weighted by atomic mass is 16.6. The monoisotopic (exact) mass is 354 g/mol. The first-order chi connectivity index (χ1) is 12.7. The Bertz CT molecular complexity index is 739. The molecule has 0 saturated carbocycles. The Morgan fingerprint density at radius 1 is 1.04 bits per heavy atom. The van der Waals surface area contributed by atoms with E-state index in [1.165, 1.54) is 11.1 Å². The molecule has 1 heterocycles. The average molecular weight is 354 g/mol. The van der Waals surface area contributed by atoms with Gasteiger partial charge in [0.15, 0.2) is 0 Å². The van der Waals surface area contributed by atoms with Gasteiger partial charge in [0.25, 0.3) is 5.95 Å². The van der Waals surface area contributed by atoms with Crippen molar-refractivity contribution >= 4 is 0 Å². The second-order valence-corrected chi connectivity index (χ2v) is 6.62. The fraction of sp³-hybridized carbons (Fsp3) is 0.364. The predicted octanol–water partition coefficient (Wildman–Crippen LogP) is 4.68. The topological polar surface area (TPSA) is 47.9 Å². The van der Waals surface area contributed by atoms with Crippen molar-refractivity contribution in [1.29, 1.82) is 0 Å². The Balaban J connectivity index is 1.61. The van der Waals surface area contributed by atoms with E-state index in [1.54, 1.807) is 13.2 Å². The van der Waals surface area contributed by atoms with E-state index in [1.807, 2.05) is 36.4 Å². The smallest absolute Gasteiger partial charge is 0.273 e. The van der Waals surface area contributed by atoms with E-state index in [-0.39, 0.29) is 18.0 Å². The van der Waals surface area contributed by atoms with Gasteiger partial charge in [0.05, 0.1) is 13.7 Å². The van der Waals surface area contributed by atoms with Crippen LogP contribution in [0.15, 0.2) is 60.6 Å². The summed E-state index contributed by atoms with van der Waals surface area (Å²) in [5.74, 6) is 1.99. The fourth-order valence-electron chi connectivity index (χ4n) is 3.21. The van der Waals surface area contributed by atoms with Gasteiger partial charge in [-0.1, -0.05) is 31.2 Å². The molecule has 0 amide bonds. The average Bonchev–Trinajstić information content (AvgIpc) is 2.97. The van der Waals surface area contributed by atoms with Gasteiger partial charge in [0, 0.05) is 18.4 Å². The maximum absolute atomic E-state index is 9.58. The molecule has 4 nitrogen and oxygen atoms in total. The third-order valence-corrected chi connectivity index (χ3v) is 4.70. The number of hydrogen-bond donors (Lipinski definition) is 1. The van der Waals surface area contributed by atoms with Gasteiger partial charge in [-0.05, 0) is 48.2 Å². The summed E-state index contributed by atoms with van der Waals surface area (Å²) in [5, 5.41) is 9.58. The number of aliphatic hydroxyl groups is 1. The highest BCUT2D eigenvalue weighted by molar-refractivity contribution is 5.36. The molecule has 1 N–H and O–H groups in total. The van der Waals surface area contributed by atoms with E-state index < -0.39 is 0 Å². The minimum Gasteiger partial charge on any atom is -0.497 e. The van der Waals surface area contributed by atoms with Crippen molar-refractivity contribution in [3.05, 3.63) is 71.7 Å². The van der Waals surface area contributed by atoms with E-state index in [4.69, 9.17) is 14.2 Å². The zero-order valence-corrected chi connectivity index (χ0v) is 15.4. The summed E-state index contributed by atoms with van der Waals surface area (Å²) < 4.78 is 16.7. The van der Waals surface area contributed by atoms with E-state index >= 15 is 0 Å². The summed E-state index contributed by atoms with van der Waals surface area (Å²) in [6.07, 6.45) is 4.32. The molecule has 0 fully saturated rings. The number of hydrogen-bond acceptors (Lipinski definition) is 4. The number of rotatable bonds is 8.